The molecule has 2 aromatic rings. The molecule has 2 fully saturated rings. The molecule has 2 aliphatic rings. The van der Waals surface area contributed by atoms with Crippen LogP contribution in [0.3, 0.4) is 0 Å². The van der Waals surface area contributed by atoms with Crippen LogP contribution in [-0.4, -0.2) is 37.0 Å². The van der Waals surface area contributed by atoms with E-state index >= 15 is 0 Å². The van der Waals surface area contributed by atoms with Crippen molar-refractivity contribution in [3.63, 3.8) is 0 Å². The molecule has 1 atom stereocenters. The van der Waals surface area contributed by atoms with Gasteiger partial charge in [0.1, 0.15) is 5.75 Å². The molecular weight excluding hydrogens is 465 g/mol. The lowest BCUT2D eigenvalue weighted by Crippen LogP contribution is -2.26. The molecule has 1 aliphatic heterocycles. The molecule has 1 unspecified atom stereocenters. The van der Waals surface area contributed by atoms with Crippen LogP contribution < -0.4 is 15.4 Å². The van der Waals surface area contributed by atoms with E-state index in [1.165, 1.54) is 5.56 Å². The second-order valence-corrected chi connectivity index (χ2v) is 8.81. The Bertz CT molecular complexity index is 839. The Labute approximate surface area is 180 Å². The molecule has 1 aliphatic carbocycles. The van der Waals surface area contributed by atoms with E-state index in [0.717, 1.165) is 59.6 Å². The van der Waals surface area contributed by atoms with E-state index in [2.05, 4.69) is 74.5 Å². The van der Waals surface area contributed by atoms with Gasteiger partial charge in [-0.25, -0.2) is 0 Å². The van der Waals surface area contributed by atoms with Crippen LogP contribution in [0.25, 0.3) is 0 Å². The van der Waals surface area contributed by atoms with Crippen molar-refractivity contribution in [2.75, 3.05) is 30.8 Å². The summed E-state index contributed by atoms with van der Waals surface area (Å²) in [6, 6.07) is 15.0. The zero-order chi connectivity index (χ0) is 19.5. The number of carbonyl (C=O) groups is 1. The zero-order valence-electron chi connectivity index (χ0n) is 16.1. The highest BCUT2D eigenvalue weighted by atomic mass is 127. The molecule has 1 saturated heterocycles. The molecule has 1 heterocycles. The van der Waals surface area contributed by atoms with E-state index in [4.69, 9.17) is 4.74 Å². The smallest absolute Gasteiger partial charge is 0.227 e. The van der Waals surface area contributed by atoms with Crippen LogP contribution in [0.5, 0.6) is 5.75 Å². The van der Waals surface area contributed by atoms with E-state index in [-0.39, 0.29) is 11.8 Å². The SMILES string of the molecule is COc1cc(NC(=O)C2CC2)c(I)cc1NC1CCN(Cc2ccccc2)C1. The summed E-state index contributed by atoms with van der Waals surface area (Å²) in [5.41, 5.74) is 3.17. The van der Waals surface area contributed by atoms with Crippen molar-refractivity contribution in [1.82, 2.24) is 4.90 Å². The van der Waals surface area contributed by atoms with Gasteiger partial charge in [-0.05, 0) is 53.5 Å². The lowest BCUT2D eigenvalue weighted by Gasteiger charge is -2.20. The molecule has 2 N–H and O–H groups in total. The Morgan fingerprint density at radius 1 is 1.18 bits per heavy atom. The van der Waals surface area contributed by atoms with Crippen LogP contribution >= 0.6 is 22.6 Å². The maximum atomic E-state index is 12.1. The summed E-state index contributed by atoms with van der Waals surface area (Å²) in [4.78, 5) is 14.6. The lowest BCUT2D eigenvalue weighted by atomic mass is 10.2. The summed E-state index contributed by atoms with van der Waals surface area (Å²) in [5.74, 6) is 1.08. The predicted octanol–water partition coefficient (Wildman–Crippen LogP) is 4.33. The first kappa shape index (κ1) is 19.5. The quantitative estimate of drug-likeness (QED) is 0.567. The first-order valence-electron chi connectivity index (χ1n) is 9.83. The highest BCUT2D eigenvalue weighted by Crippen LogP contribution is 2.36. The van der Waals surface area contributed by atoms with Crippen molar-refractivity contribution in [2.24, 2.45) is 5.92 Å². The lowest BCUT2D eigenvalue weighted by molar-refractivity contribution is -0.117. The molecule has 148 valence electrons. The summed E-state index contributed by atoms with van der Waals surface area (Å²) in [6.07, 6.45) is 3.10. The van der Waals surface area contributed by atoms with Crippen molar-refractivity contribution in [3.05, 3.63) is 51.6 Å². The van der Waals surface area contributed by atoms with Crippen LogP contribution in [-0.2, 0) is 11.3 Å². The van der Waals surface area contributed by atoms with E-state index < -0.39 is 0 Å². The fourth-order valence-corrected chi connectivity index (χ4v) is 4.27. The molecular formula is C22H26IN3O2. The third-order valence-corrected chi connectivity index (χ3v) is 6.27. The maximum absolute atomic E-state index is 12.1. The maximum Gasteiger partial charge on any atom is 0.227 e. The Kier molecular flexibility index (Phi) is 6.06. The molecule has 1 saturated carbocycles. The summed E-state index contributed by atoms with van der Waals surface area (Å²) >= 11 is 2.28. The molecule has 0 bridgehead atoms. The highest BCUT2D eigenvalue weighted by molar-refractivity contribution is 14.1. The number of likely N-dealkylation sites (tertiary alicyclic amines) is 1. The number of ether oxygens (including phenoxy) is 1. The van der Waals surface area contributed by atoms with Gasteiger partial charge >= 0.3 is 0 Å². The molecule has 2 aromatic carbocycles. The van der Waals surface area contributed by atoms with Gasteiger partial charge in [0.25, 0.3) is 0 Å². The number of benzene rings is 2. The third kappa shape index (κ3) is 4.78. The molecule has 4 rings (SSSR count). The number of halogens is 1. The Morgan fingerprint density at radius 3 is 2.68 bits per heavy atom. The molecule has 0 spiro atoms. The zero-order valence-corrected chi connectivity index (χ0v) is 18.2. The number of nitrogens with zero attached hydrogens (tertiary/aromatic N) is 1. The Morgan fingerprint density at radius 2 is 1.96 bits per heavy atom. The molecule has 1 amide bonds. The molecule has 0 radical (unpaired) electrons. The number of anilines is 2. The van der Waals surface area contributed by atoms with E-state index in [9.17, 15) is 4.79 Å². The summed E-state index contributed by atoms with van der Waals surface area (Å²) < 4.78 is 6.62. The van der Waals surface area contributed by atoms with Crippen molar-refractivity contribution in [3.8, 4) is 5.75 Å². The van der Waals surface area contributed by atoms with Crippen LogP contribution in [0.1, 0.15) is 24.8 Å². The minimum absolute atomic E-state index is 0.119. The van der Waals surface area contributed by atoms with Gasteiger partial charge in [0, 0.05) is 41.2 Å². The standard InChI is InChI=1S/C22H26IN3O2/c1-28-21-12-19(25-22(27)16-7-8-16)18(23)11-20(21)24-17-9-10-26(14-17)13-15-5-3-2-4-6-15/h2-6,11-12,16-17,24H,7-10,13-14H2,1H3,(H,25,27). The van der Waals surface area contributed by atoms with Gasteiger partial charge in [0.05, 0.1) is 18.5 Å². The normalized spacial score (nSPS) is 19.4. The fraction of sp³-hybridized carbons (Fsp3) is 0.409. The highest BCUT2D eigenvalue weighted by Gasteiger charge is 2.30. The minimum atomic E-state index is 0.119. The fourth-order valence-electron chi connectivity index (χ4n) is 3.67. The van der Waals surface area contributed by atoms with Gasteiger partial charge in [-0.1, -0.05) is 30.3 Å². The number of nitrogens with one attached hydrogen (secondary N) is 2. The molecule has 28 heavy (non-hydrogen) atoms. The third-order valence-electron chi connectivity index (χ3n) is 5.38. The van der Waals surface area contributed by atoms with Gasteiger partial charge in [0.15, 0.2) is 0 Å². The first-order valence-corrected chi connectivity index (χ1v) is 10.9. The van der Waals surface area contributed by atoms with E-state index in [1.54, 1.807) is 7.11 Å². The van der Waals surface area contributed by atoms with Crippen molar-refractivity contribution < 1.29 is 9.53 Å². The average molecular weight is 491 g/mol. The minimum Gasteiger partial charge on any atom is -0.495 e. The van der Waals surface area contributed by atoms with Gasteiger partial charge < -0.3 is 15.4 Å². The van der Waals surface area contributed by atoms with Crippen LogP contribution in [0.4, 0.5) is 11.4 Å². The van der Waals surface area contributed by atoms with Crippen molar-refractivity contribution in [1.29, 1.82) is 0 Å². The topological polar surface area (TPSA) is 53.6 Å². The average Bonchev–Trinajstić information content (AvgIpc) is 3.46. The summed E-state index contributed by atoms with van der Waals surface area (Å²) in [5, 5.41) is 6.69. The number of hydrogen-bond donors (Lipinski definition) is 2. The van der Waals surface area contributed by atoms with Crippen LogP contribution in [0, 0.1) is 9.49 Å². The first-order chi connectivity index (χ1) is 13.6. The molecule has 5 nitrogen and oxygen atoms in total. The van der Waals surface area contributed by atoms with Crippen LogP contribution in [0.15, 0.2) is 42.5 Å². The van der Waals surface area contributed by atoms with Gasteiger partial charge in [-0.3, -0.25) is 9.69 Å². The number of rotatable bonds is 7. The van der Waals surface area contributed by atoms with E-state index in [0.29, 0.717) is 6.04 Å². The number of methoxy groups -OCH3 is 1. The number of hydrogen-bond acceptors (Lipinski definition) is 4. The summed E-state index contributed by atoms with van der Waals surface area (Å²) in [6.45, 7) is 3.08. The van der Waals surface area contributed by atoms with Gasteiger partial charge in [-0.2, -0.15) is 0 Å². The van der Waals surface area contributed by atoms with E-state index in [1.807, 2.05) is 6.07 Å². The van der Waals surface area contributed by atoms with Crippen molar-refractivity contribution >= 4 is 39.9 Å². The van der Waals surface area contributed by atoms with Gasteiger partial charge in [-0.15, -0.1) is 0 Å². The predicted molar refractivity (Wildman–Crippen MR) is 121 cm³/mol. The monoisotopic (exact) mass is 491 g/mol. The van der Waals surface area contributed by atoms with Crippen molar-refractivity contribution in [2.45, 2.75) is 31.8 Å². The Balaban J connectivity index is 1.40. The Hall–Kier alpha value is -1.80. The second-order valence-electron chi connectivity index (χ2n) is 7.65. The van der Waals surface area contributed by atoms with Crippen LogP contribution in [0.2, 0.25) is 0 Å². The molecule has 0 aromatic heterocycles. The number of carbonyl (C=O) groups excluding carboxylic acids is 1. The second kappa shape index (κ2) is 8.69. The molecule has 6 heteroatoms. The number of amides is 1. The van der Waals surface area contributed by atoms with Gasteiger partial charge in [0.2, 0.25) is 5.91 Å². The summed E-state index contributed by atoms with van der Waals surface area (Å²) in [7, 11) is 1.68. The largest absolute Gasteiger partial charge is 0.495 e.